The summed E-state index contributed by atoms with van der Waals surface area (Å²) in [5, 5.41) is 2.80. The molecule has 0 aliphatic heterocycles. The molecule has 1 aromatic rings. The lowest BCUT2D eigenvalue weighted by atomic mass is 10.3. The van der Waals surface area contributed by atoms with Crippen LogP contribution in [-0.2, 0) is 19.9 Å². The third-order valence-corrected chi connectivity index (χ3v) is 5.46. The van der Waals surface area contributed by atoms with Gasteiger partial charge in [0.1, 0.15) is 14.7 Å². The van der Waals surface area contributed by atoms with E-state index < -0.39 is 19.9 Å². The summed E-state index contributed by atoms with van der Waals surface area (Å²) in [7, 11) is -3.90. The molecule has 0 aliphatic carbocycles. The average Bonchev–Trinajstić information content (AvgIpc) is 2.34. The summed E-state index contributed by atoms with van der Waals surface area (Å²) in [6, 6.07) is 6.48. The molecule has 108 valence electrons. The van der Waals surface area contributed by atoms with Crippen molar-refractivity contribution in [1.82, 2.24) is 4.31 Å². The third kappa shape index (κ3) is 4.19. The molecular weight excluding hydrogens is 288 g/mol. The third-order valence-electron chi connectivity index (χ3n) is 2.62. The van der Waals surface area contributed by atoms with Crippen LogP contribution in [0.4, 0.5) is 5.69 Å². The summed E-state index contributed by atoms with van der Waals surface area (Å²) in [5.41, 5.74) is 0.480. The lowest BCUT2D eigenvalue weighted by Gasteiger charge is -2.18. The lowest BCUT2D eigenvalue weighted by molar-refractivity contribution is 0.485. The molecule has 0 aromatic heterocycles. The molecule has 0 spiro atoms. The zero-order valence-corrected chi connectivity index (χ0v) is 12.8. The Kier molecular flexibility index (Phi) is 4.94. The van der Waals surface area contributed by atoms with Gasteiger partial charge in [0, 0.05) is 26.9 Å². The fraction of sp³-hybridized carbons (Fsp3) is 0.455. The first kappa shape index (κ1) is 15.9. The average molecular weight is 306 g/mol. The van der Waals surface area contributed by atoms with Crippen LogP contribution in [-0.4, -0.2) is 53.8 Å². The first-order chi connectivity index (χ1) is 8.68. The fourth-order valence-corrected chi connectivity index (χ4v) is 3.57. The van der Waals surface area contributed by atoms with Crippen molar-refractivity contribution < 1.29 is 16.8 Å². The maximum atomic E-state index is 12.3. The van der Waals surface area contributed by atoms with Crippen molar-refractivity contribution in [3.63, 3.8) is 0 Å². The standard InChI is InChI=1S/C11H18N2O4S2/c1-12-10-6-4-5-7-11(10)19(16,17)13(2)8-9-18(3,14)15/h4-7,12H,8-9H2,1-3H3. The lowest BCUT2D eigenvalue weighted by Crippen LogP contribution is -2.31. The molecule has 0 bridgehead atoms. The Hall–Kier alpha value is -1.12. The Morgan fingerprint density at radius 2 is 1.74 bits per heavy atom. The Balaban J connectivity index is 3.03. The van der Waals surface area contributed by atoms with Gasteiger partial charge in [0.25, 0.3) is 0 Å². The van der Waals surface area contributed by atoms with Crippen molar-refractivity contribution in [3.05, 3.63) is 24.3 Å². The molecule has 0 amide bonds. The fourth-order valence-electron chi connectivity index (χ4n) is 1.48. The van der Waals surface area contributed by atoms with E-state index >= 15 is 0 Å². The normalized spacial score (nSPS) is 12.6. The van der Waals surface area contributed by atoms with Crippen molar-refractivity contribution in [2.75, 3.05) is 38.0 Å². The van der Waals surface area contributed by atoms with Gasteiger partial charge in [-0.05, 0) is 12.1 Å². The van der Waals surface area contributed by atoms with Crippen molar-refractivity contribution >= 4 is 25.5 Å². The molecule has 0 saturated carbocycles. The molecule has 0 unspecified atom stereocenters. The van der Waals surface area contributed by atoms with Crippen LogP contribution >= 0.6 is 0 Å². The minimum Gasteiger partial charge on any atom is -0.387 e. The van der Waals surface area contributed by atoms with Crippen LogP contribution in [0.2, 0.25) is 0 Å². The second-order valence-corrected chi connectivity index (χ2v) is 8.48. The maximum absolute atomic E-state index is 12.3. The number of hydrogen-bond acceptors (Lipinski definition) is 5. The summed E-state index contributed by atoms with van der Waals surface area (Å²) in [6.45, 7) is -0.0702. The second kappa shape index (κ2) is 5.89. The zero-order valence-electron chi connectivity index (χ0n) is 11.1. The van der Waals surface area contributed by atoms with E-state index in [1.165, 1.54) is 13.1 Å². The number of nitrogens with one attached hydrogen (secondary N) is 1. The molecule has 0 heterocycles. The van der Waals surface area contributed by atoms with Gasteiger partial charge >= 0.3 is 0 Å². The number of hydrogen-bond donors (Lipinski definition) is 1. The van der Waals surface area contributed by atoms with Gasteiger partial charge in [-0.2, -0.15) is 4.31 Å². The van der Waals surface area contributed by atoms with E-state index in [1.807, 2.05) is 0 Å². The van der Waals surface area contributed by atoms with E-state index in [0.29, 0.717) is 5.69 Å². The molecule has 6 nitrogen and oxygen atoms in total. The predicted octanol–water partition coefficient (Wildman–Crippen LogP) is 0.393. The van der Waals surface area contributed by atoms with Gasteiger partial charge in [0.05, 0.1) is 11.4 Å². The van der Waals surface area contributed by atoms with Gasteiger partial charge < -0.3 is 5.32 Å². The Morgan fingerprint density at radius 3 is 2.26 bits per heavy atom. The number of para-hydroxylation sites is 1. The topological polar surface area (TPSA) is 83.6 Å². The van der Waals surface area contributed by atoms with E-state index in [2.05, 4.69) is 5.32 Å². The molecule has 0 aliphatic rings. The van der Waals surface area contributed by atoms with Crippen LogP contribution in [0.25, 0.3) is 0 Å². The summed E-state index contributed by atoms with van der Waals surface area (Å²) in [5.74, 6) is -0.204. The van der Waals surface area contributed by atoms with E-state index in [0.717, 1.165) is 10.6 Å². The Bertz CT molecular complexity index is 638. The van der Waals surface area contributed by atoms with Crippen molar-refractivity contribution in [3.8, 4) is 0 Å². The van der Waals surface area contributed by atoms with Crippen LogP contribution in [0.3, 0.4) is 0 Å². The van der Waals surface area contributed by atoms with Gasteiger partial charge in [-0.3, -0.25) is 0 Å². The molecular formula is C11H18N2O4S2. The molecule has 0 atom stereocenters. The van der Waals surface area contributed by atoms with Crippen molar-refractivity contribution in [2.45, 2.75) is 4.90 Å². The molecule has 0 saturated heterocycles. The van der Waals surface area contributed by atoms with Crippen LogP contribution in [0, 0.1) is 0 Å². The first-order valence-corrected chi connectivity index (χ1v) is 9.09. The van der Waals surface area contributed by atoms with E-state index in [9.17, 15) is 16.8 Å². The number of benzene rings is 1. The maximum Gasteiger partial charge on any atom is 0.244 e. The summed E-state index contributed by atoms with van der Waals surface area (Å²) in [6.07, 6.45) is 1.08. The highest BCUT2D eigenvalue weighted by Crippen LogP contribution is 2.23. The van der Waals surface area contributed by atoms with Gasteiger partial charge in [0.15, 0.2) is 0 Å². The number of anilines is 1. The van der Waals surface area contributed by atoms with Gasteiger partial charge in [-0.15, -0.1) is 0 Å². The smallest absolute Gasteiger partial charge is 0.244 e. The van der Waals surface area contributed by atoms with E-state index in [-0.39, 0.29) is 17.2 Å². The molecule has 1 aromatic carbocycles. The van der Waals surface area contributed by atoms with E-state index in [1.54, 1.807) is 25.2 Å². The van der Waals surface area contributed by atoms with Crippen LogP contribution < -0.4 is 5.32 Å². The minimum absolute atomic E-state index is 0.0702. The summed E-state index contributed by atoms with van der Waals surface area (Å²) < 4.78 is 47.9. The van der Waals surface area contributed by atoms with Crippen LogP contribution in [0.15, 0.2) is 29.2 Å². The molecule has 0 radical (unpaired) electrons. The number of sulfonamides is 1. The largest absolute Gasteiger partial charge is 0.387 e. The van der Waals surface area contributed by atoms with Gasteiger partial charge in [0.2, 0.25) is 10.0 Å². The molecule has 8 heteroatoms. The minimum atomic E-state index is -3.70. The van der Waals surface area contributed by atoms with Crippen molar-refractivity contribution in [2.24, 2.45) is 0 Å². The van der Waals surface area contributed by atoms with Crippen molar-refractivity contribution in [1.29, 1.82) is 0 Å². The number of rotatable bonds is 6. The highest BCUT2D eigenvalue weighted by Gasteiger charge is 2.24. The van der Waals surface area contributed by atoms with Crippen LogP contribution in [0.5, 0.6) is 0 Å². The predicted molar refractivity (Wildman–Crippen MR) is 75.5 cm³/mol. The molecule has 0 fully saturated rings. The first-order valence-electron chi connectivity index (χ1n) is 5.59. The molecule has 1 N–H and O–H groups in total. The summed E-state index contributed by atoms with van der Waals surface area (Å²) in [4.78, 5) is 0.133. The second-order valence-electron chi connectivity index (χ2n) is 4.20. The van der Waals surface area contributed by atoms with Gasteiger partial charge in [-0.1, -0.05) is 12.1 Å². The monoisotopic (exact) mass is 306 g/mol. The number of nitrogens with zero attached hydrogens (tertiary/aromatic N) is 1. The number of sulfone groups is 1. The highest BCUT2D eigenvalue weighted by atomic mass is 32.2. The van der Waals surface area contributed by atoms with Crippen LogP contribution in [0.1, 0.15) is 0 Å². The molecule has 1 rings (SSSR count). The SMILES string of the molecule is CNc1ccccc1S(=O)(=O)N(C)CCS(C)(=O)=O. The van der Waals surface area contributed by atoms with Gasteiger partial charge in [-0.25, -0.2) is 16.8 Å². The highest BCUT2D eigenvalue weighted by molar-refractivity contribution is 7.91. The Morgan fingerprint density at radius 1 is 1.16 bits per heavy atom. The zero-order chi connectivity index (χ0) is 14.7. The quantitative estimate of drug-likeness (QED) is 0.822. The Labute approximate surface area is 114 Å². The van der Waals surface area contributed by atoms with E-state index in [4.69, 9.17) is 0 Å². The molecule has 19 heavy (non-hydrogen) atoms. The summed E-state index contributed by atoms with van der Waals surface area (Å²) >= 11 is 0.